The zero-order chi connectivity index (χ0) is 15.5. The molecule has 2 aromatic carbocycles. The topological polar surface area (TPSA) is 53.5 Å². The summed E-state index contributed by atoms with van der Waals surface area (Å²) in [5, 5.41) is 8.29. The van der Waals surface area contributed by atoms with Gasteiger partial charge in [-0.05, 0) is 24.6 Å². The van der Waals surface area contributed by atoms with E-state index in [1.54, 1.807) is 11.8 Å². The molecule has 0 bridgehead atoms. The third kappa shape index (κ3) is 3.31. The highest BCUT2D eigenvalue weighted by Gasteiger charge is 2.21. The van der Waals surface area contributed by atoms with Crippen LogP contribution in [0.5, 0.6) is 0 Å². The Kier molecular flexibility index (Phi) is 4.15. The van der Waals surface area contributed by atoms with Gasteiger partial charge < -0.3 is 5.32 Å². The molecule has 0 saturated carbocycles. The van der Waals surface area contributed by atoms with Crippen molar-refractivity contribution in [2.45, 2.75) is 19.2 Å². The molecular formula is C17H17N3OS. The van der Waals surface area contributed by atoms with Gasteiger partial charge in [0.05, 0.1) is 0 Å². The fourth-order valence-corrected chi connectivity index (χ4v) is 3.20. The summed E-state index contributed by atoms with van der Waals surface area (Å²) in [7, 11) is 0. The zero-order valence-electron chi connectivity index (χ0n) is 12.5. The third-order valence-electron chi connectivity index (χ3n) is 3.35. The second kappa shape index (κ2) is 6.23. The first-order chi connectivity index (χ1) is 10.6. The van der Waals surface area contributed by atoms with Gasteiger partial charge in [0.1, 0.15) is 10.4 Å². The lowest BCUT2D eigenvalue weighted by molar-refractivity contribution is -0.114. The summed E-state index contributed by atoms with van der Waals surface area (Å²) >= 11 is 1.69. The number of rotatable bonds is 3. The van der Waals surface area contributed by atoms with Crippen molar-refractivity contribution < 1.29 is 4.79 Å². The van der Waals surface area contributed by atoms with Crippen molar-refractivity contribution in [3.8, 4) is 0 Å². The van der Waals surface area contributed by atoms with Gasteiger partial charge in [0.2, 0.25) is 5.91 Å². The lowest BCUT2D eigenvalue weighted by Crippen LogP contribution is -2.08. The minimum Gasteiger partial charge on any atom is -0.326 e. The number of thioether (sulfide) groups is 1. The Labute approximate surface area is 134 Å². The van der Waals surface area contributed by atoms with Gasteiger partial charge in [-0.1, -0.05) is 53.7 Å². The van der Waals surface area contributed by atoms with Gasteiger partial charge in [-0.25, -0.2) is 0 Å². The summed E-state index contributed by atoms with van der Waals surface area (Å²) < 4.78 is 0. The van der Waals surface area contributed by atoms with E-state index in [-0.39, 0.29) is 11.3 Å². The number of nitrogens with zero attached hydrogens (tertiary/aromatic N) is 1. The molecule has 0 fully saturated rings. The summed E-state index contributed by atoms with van der Waals surface area (Å²) in [6.07, 6.45) is 0. The Balaban J connectivity index is 1.68. The fourth-order valence-electron chi connectivity index (χ4n) is 2.20. The monoisotopic (exact) mass is 311 g/mol. The van der Waals surface area contributed by atoms with Gasteiger partial charge in [0.15, 0.2) is 0 Å². The maximum Gasteiger partial charge on any atom is 0.221 e. The maximum atomic E-state index is 11.0. The summed E-state index contributed by atoms with van der Waals surface area (Å²) in [5.41, 5.74) is 7.46. The van der Waals surface area contributed by atoms with E-state index in [4.69, 9.17) is 0 Å². The van der Waals surface area contributed by atoms with Gasteiger partial charge in [0, 0.05) is 18.2 Å². The number of carbonyl (C=O) groups is 1. The van der Waals surface area contributed by atoms with Crippen LogP contribution in [-0.2, 0) is 4.79 Å². The Bertz CT molecular complexity index is 708. The molecule has 2 aromatic rings. The third-order valence-corrected chi connectivity index (χ3v) is 4.51. The van der Waals surface area contributed by atoms with Crippen LogP contribution < -0.4 is 10.7 Å². The molecule has 0 radical (unpaired) electrons. The highest BCUT2D eigenvalue weighted by Crippen LogP contribution is 2.34. The Morgan fingerprint density at radius 2 is 1.82 bits per heavy atom. The molecular weight excluding hydrogens is 294 g/mol. The van der Waals surface area contributed by atoms with Crippen LogP contribution in [0.1, 0.15) is 29.0 Å². The summed E-state index contributed by atoms with van der Waals surface area (Å²) in [6.45, 7) is 3.58. The Morgan fingerprint density at radius 3 is 2.45 bits per heavy atom. The quantitative estimate of drug-likeness (QED) is 0.909. The zero-order valence-corrected chi connectivity index (χ0v) is 13.3. The first-order valence-corrected chi connectivity index (χ1v) is 7.94. The van der Waals surface area contributed by atoms with Crippen molar-refractivity contribution >= 4 is 28.4 Å². The first kappa shape index (κ1) is 14.7. The predicted molar refractivity (Wildman–Crippen MR) is 91.9 cm³/mol. The highest BCUT2D eigenvalue weighted by atomic mass is 32.2. The van der Waals surface area contributed by atoms with Crippen molar-refractivity contribution in [3.05, 3.63) is 65.2 Å². The standard InChI is InChI=1S/C17H17N3OS/c1-11-3-5-13(6-4-11)16-19-20-17(22-16)14-7-9-15(10-8-14)18-12(2)21/h3-10,17,20H,1-2H3,(H,18,21)/t17-/m0/s1. The fraction of sp³-hybridized carbons (Fsp3) is 0.176. The van der Waals surface area contributed by atoms with Crippen LogP contribution in [0.15, 0.2) is 53.6 Å². The lowest BCUT2D eigenvalue weighted by Gasteiger charge is -2.10. The Morgan fingerprint density at radius 1 is 1.14 bits per heavy atom. The molecule has 0 aliphatic carbocycles. The molecule has 22 heavy (non-hydrogen) atoms. The first-order valence-electron chi connectivity index (χ1n) is 7.06. The second-order valence-electron chi connectivity index (χ2n) is 5.21. The maximum absolute atomic E-state index is 11.0. The van der Waals surface area contributed by atoms with Crippen molar-refractivity contribution in [3.63, 3.8) is 0 Å². The van der Waals surface area contributed by atoms with Crippen LogP contribution in [0.4, 0.5) is 5.69 Å². The van der Waals surface area contributed by atoms with Crippen molar-refractivity contribution in [1.82, 2.24) is 5.43 Å². The van der Waals surface area contributed by atoms with Gasteiger partial charge in [-0.15, -0.1) is 0 Å². The van der Waals surface area contributed by atoms with E-state index in [0.717, 1.165) is 21.9 Å². The molecule has 2 N–H and O–H groups in total. The number of aryl methyl sites for hydroxylation is 1. The van der Waals surface area contributed by atoms with Crippen LogP contribution in [0.25, 0.3) is 0 Å². The van der Waals surface area contributed by atoms with Gasteiger partial charge >= 0.3 is 0 Å². The van der Waals surface area contributed by atoms with E-state index in [1.165, 1.54) is 12.5 Å². The molecule has 0 unspecified atom stereocenters. The van der Waals surface area contributed by atoms with Crippen LogP contribution in [0, 0.1) is 6.92 Å². The van der Waals surface area contributed by atoms with E-state index >= 15 is 0 Å². The average Bonchev–Trinajstić information content (AvgIpc) is 2.98. The van der Waals surface area contributed by atoms with Crippen molar-refractivity contribution in [2.75, 3.05) is 5.32 Å². The van der Waals surface area contributed by atoms with Crippen LogP contribution in [-0.4, -0.2) is 11.0 Å². The molecule has 112 valence electrons. The minimum atomic E-state index is -0.0638. The molecule has 0 spiro atoms. The SMILES string of the molecule is CC(=O)Nc1ccc([C@H]2NN=C(c3ccc(C)cc3)S2)cc1. The lowest BCUT2D eigenvalue weighted by atomic mass is 10.2. The largest absolute Gasteiger partial charge is 0.326 e. The predicted octanol–water partition coefficient (Wildman–Crippen LogP) is 3.65. The average molecular weight is 311 g/mol. The number of hydrazone groups is 1. The van der Waals surface area contributed by atoms with Crippen LogP contribution in [0.2, 0.25) is 0 Å². The molecule has 3 rings (SSSR count). The number of hydrogen-bond donors (Lipinski definition) is 2. The van der Waals surface area contributed by atoms with Crippen LogP contribution >= 0.6 is 11.8 Å². The van der Waals surface area contributed by atoms with E-state index in [0.29, 0.717) is 0 Å². The highest BCUT2D eigenvalue weighted by molar-refractivity contribution is 8.14. The molecule has 1 atom stereocenters. The number of carbonyl (C=O) groups excluding carboxylic acids is 1. The molecule has 1 heterocycles. The normalized spacial score (nSPS) is 16.8. The number of anilines is 1. The van der Waals surface area contributed by atoms with E-state index < -0.39 is 0 Å². The minimum absolute atomic E-state index is 0.0638. The van der Waals surface area contributed by atoms with E-state index in [1.807, 2.05) is 24.3 Å². The van der Waals surface area contributed by atoms with E-state index in [2.05, 4.69) is 47.0 Å². The second-order valence-corrected chi connectivity index (χ2v) is 6.31. The molecule has 1 amide bonds. The molecule has 1 aliphatic rings. The smallest absolute Gasteiger partial charge is 0.221 e. The molecule has 1 aliphatic heterocycles. The number of hydrogen-bond acceptors (Lipinski definition) is 4. The van der Waals surface area contributed by atoms with Crippen molar-refractivity contribution in [1.29, 1.82) is 0 Å². The molecule has 5 heteroatoms. The van der Waals surface area contributed by atoms with Crippen molar-refractivity contribution in [2.24, 2.45) is 5.10 Å². The number of amides is 1. The van der Waals surface area contributed by atoms with Crippen LogP contribution in [0.3, 0.4) is 0 Å². The molecule has 0 aromatic heterocycles. The van der Waals surface area contributed by atoms with Gasteiger partial charge in [0.25, 0.3) is 0 Å². The molecule has 4 nitrogen and oxygen atoms in total. The molecule has 0 saturated heterocycles. The van der Waals surface area contributed by atoms with Gasteiger partial charge in [-0.3, -0.25) is 10.2 Å². The summed E-state index contributed by atoms with van der Waals surface area (Å²) in [6, 6.07) is 16.2. The number of nitrogens with one attached hydrogen (secondary N) is 2. The van der Waals surface area contributed by atoms with Gasteiger partial charge in [-0.2, -0.15) is 5.10 Å². The van der Waals surface area contributed by atoms with E-state index in [9.17, 15) is 4.79 Å². The summed E-state index contributed by atoms with van der Waals surface area (Å²) in [4.78, 5) is 11.0. The Hall–Kier alpha value is -2.27. The summed E-state index contributed by atoms with van der Waals surface area (Å²) in [5.74, 6) is -0.0638. The number of benzene rings is 2.